The van der Waals surface area contributed by atoms with Crippen LogP contribution in [0.25, 0.3) is 11.0 Å². The van der Waals surface area contributed by atoms with Crippen molar-refractivity contribution in [3.05, 3.63) is 99.4 Å². The first-order valence-electron chi connectivity index (χ1n) is 15.9. The Hall–Kier alpha value is -4.22. The summed E-state index contributed by atoms with van der Waals surface area (Å²) in [5.74, 6) is 0.753. The van der Waals surface area contributed by atoms with E-state index in [0.29, 0.717) is 28.0 Å². The lowest BCUT2D eigenvalue weighted by Crippen LogP contribution is -2.63. The molecule has 10 heteroatoms. The number of ketones is 1. The van der Waals surface area contributed by atoms with E-state index in [1.807, 2.05) is 36.4 Å². The Balaban J connectivity index is 1.41. The molecule has 4 atom stereocenters. The Labute approximate surface area is 280 Å². The van der Waals surface area contributed by atoms with E-state index in [0.717, 1.165) is 11.1 Å². The lowest BCUT2D eigenvalue weighted by atomic mass is 9.76. The number of Topliss-reactive ketones (excluding diaryl/α,β-unsaturated/α-hetero) is 1. The molecular weight excluding hydrogens is 614 g/mol. The van der Waals surface area contributed by atoms with Gasteiger partial charge in [-0.1, -0.05) is 44.2 Å². The van der Waals surface area contributed by atoms with Gasteiger partial charge in [-0.3, -0.25) is 4.79 Å². The van der Waals surface area contributed by atoms with Crippen LogP contribution in [-0.2, 0) is 14.9 Å². The normalized spacial score (nSPS) is 21.1. The lowest BCUT2D eigenvalue weighted by molar-refractivity contribution is -0.306. The number of benzene rings is 3. The van der Waals surface area contributed by atoms with Crippen molar-refractivity contribution in [2.24, 2.45) is 0 Å². The number of aliphatic hydroxyl groups is 2. The molecule has 0 spiro atoms. The third kappa shape index (κ3) is 6.45. The van der Waals surface area contributed by atoms with Crippen LogP contribution in [0.4, 0.5) is 5.69 Å². The van der Waals surface area contributed by atoms with Gasteiger partial charge < -0.3 is 38.9 Å². The summed E-state index contributed by atoms with van der Waals surface area (Å²) in [6.45, 7) is 12.8. The van der Waals surface area contributed by atoms with Crippen molar-refractivity contribution in [2.45, 2.75) is 89.6 Å². The number of ether oxygens (including phenoxy) is 4. The molecule has 1 aliphatic heterocycles. The number of anilines is 1. The SMILES string of the molecule is COc1ccc(C(=O)C(C)(C)Nc2cc3ccc(O[C@@H]4OC(C)(C)[C@H](OC)[C@H](O)C4O)c(C)c3oc2=O)cc1C(C)(C)c1ccccc1. The monoisotopic (exact) mass is 659 g/mol. The number of carbonyl (C=O) groups is 1. The molecule has 3 aromatic carbocycles. The second kappa shape index (κ2) is 13.0. The van der Waals surface area contributed by atoms with Crippen LogP contribution in [0.3, 0.4) is 0 Å². The third-order valence-electron chi connectivity index (χ3n) is 9.29. The molecule has 1 fully saturated rings. The standard InChI is InChI=1S/C38H45NO9/c1-21-27(46-35-30(41)29(40)33(45-9)38(6,7)48-35)17-15-22-20-26(34(43)47-31(21)22)39-37(4,5)32(42)23-16-18-28(44-8)25(19-23)36(2,3)24-13-11-10-12-14-24/h10-20,29-30,33,35,39-41H,1-9H3/t29-,30?,33-,35-/m1/s1. The van der Waals surface area contributed by atoms with Gasteiger partial charge in [0.15, 0.2) is 5.78 Å². The fraction of sp³-hybridized carbons (Fsp3) is 0.421. The van der Waals surface area contributed by atoms with Crippen molar-refractivity contribution in [1.29, 1.82) is 0 Å². The minimum absolute atomic E-state index is 0.119. The zero-order valence-corrected chi connectivity index (χ0v) is 28.9. The van der Waals surface area contributed by atoms with E-state index >= 15 is 0 Å². The Morgan fingerprint density at radius 3 is 2.23 bits per heavy atom. The zero-order valence-electron chi connectivity index (χ0n) is 28.9. The van der Waals surface area contributed by atoms with Crippen molar-refractivity contribution >= 4 is 22.4 Å². The number of hydrogen-bond acceptors (Lipinski definition) is 10. The predicted octanol–water partition coefficient (Wildman–Crippen LogP) is 5.76. The molecular formula is C38H45NO9. The topological polar surface area (TPSA) is 137 Å². The molecule has 256 valence electrons. The van der Waals surface area contributed by atoms with Gasteiger partial charge in [-0.15, -0.1) is 0 Å². The van der Waals surface area contributed by atoms with Crippen molar-refractivity contribution in [1.82, 2.24) is 0 Å². The van der Waals surface area contributed by atoms with Crippen LogP contribution in [0, 0.1) is 6.92 Å². The summed E-state index contributed by atoms with van der Waals surface area (Å²) in [7, 11) is 3.04. The molecule has 0 saturated carbocycles. The number of rotatable bonds is 10. The van der Waals surface area contributed by atoms with Crippen LogP contribution in [0.15, 0.2) is 75.9 Å². The molecule has 1 aliphatic rings. The summed E-state index contributed by atoms with van der Waals surface area (Å²) in [5.41, 5.74) is 0.0239. The molecule has 10 nitrogen and oxygen atoms in total. The van der Waals surface area contributed by atoms with Crippen molar-refractivity contribution in [2.75, 3.05) is 19.5 Å². The van der Waals surface area contributed by atoms with Crippen LogP contribution >= 0.6 is 0 Å². The first-order valence-corrected chi connectivity index (χ1v) is 15.9. The quantitative estimate of drug-likeness (QED) is 0.142. The zero-order chi connectivity index (χ0) is 35.2. The van der Waals surface area contributed by atoms with Gasteiger partial charge in [0.25, 0.3) is 0 Å². The first kappa shape index (κ1) is 35.1. The highest BCUT2D eigenvalue weighted by Gasteiger charge is 2.50. The fourth-order valence-electron chi connectivity index (χ4n) is 6.45. The molecule has 1 saturated heterocycles. The third-order valence-corrected chi connectivity index (χ3v) is 9.29. The Morgan fingerprint density at radius 2 is 1.58 bits per heavy atom. The Kier molecular flexibility index (Phi) is 9.51. The molecule has 0 bridgehead atoms. The highest BCUT2D eigenvalue weighted by Crippen LogP contribution is 2.39. The van der Waals surface area contributed by atoms with Crippen molar-refractivity contribution in [3.8, 4) is 11.5 Å². The van der Waals surface area contributed by atoms with Crippen LogP contribution in [0.1, 0.15) is 68.6 Å². The van der Waals surface area contributed by atoms with E-state index < -0.39 is 46.8 Å². The summed E-state index contributed by atoms with van der Waals surface area (Å²) in [6, 6.07) is 20.4. The fourth-order valence-corrected chi connectivity index (χ4v) is 6.45. The second-order valence-electron chi connectivity index (χ2n) is 13.9. The summed E-state index contributed by atoms with van der Waals surface area (Å²) < 4.78 is 28.7. The van der Waals surface area contributed by atoms with Crippen LogP contribution in [0.5, 0.6) is 11.5 Å². The molecule has 5 rings (SSSR count). The molecule has 2 heterocycles. The maximum Gasteiger partial charge on any atom is 0.359 e. The van der Waals surface area contributed by atoms with E-state index in [1.165, 1.54) is 7.11 Å². The largest absolute Gasteiger partial charge is 0.496 e. The van der Waals surface area contributed by atoms with Gasteiger partial charge in [-0.25, -0.2) is 4.79 Å². The number of nitrogens with one attached hydrogen (secondary N) is 1. The van der Waals surface area contributed by atoms with E-state index in [4.69, 9.17) is 23.4 Å². The van der Waals surface area contributed by atoms with Gasteiger partial charge in [0.2, 0.25) is 6.29 Å². The summed E-state index contributed by atoms with van der Waals surface area (Å²) in [4.78, 5) is 27.3. The van der Waals surface area contributed by atoms with Crippen molar-refractivity contribution in [3.63, 3.8) is 0 Å². The van der Waals surface area contributed by atoms with E-state index in [1.54, 1.807) is 72.1 Å². The Bertz CT molecular complexity index is 1860. The maximum atomic E-state index is 14.0. The maximum absolute atomic E-state index is 14.0. The number of aryl methyl sites for hydroxylation is 1. The van der Waals surface area contributed by atoms with Gasteiger partial charge in [-0.05, 0) is 76.6 Å². The first-order chi connectivity index (χ1) is 22.5. The smallest absolute Gasteiger partial charge is 0.359 e. The number of carbonyl (C=O) groups excluding carboxylic acids is 1. The van der Waals surface area contributed by atoms with Gasteiger partial charge in [-0.2, -0.15) is 0 Å². The molecule has 0 aliphatic carbocycles. The highest BCUT2D eigenvalue weighted by atomic mass is 16.7. The molecule has 0 amide bonds. The van der Waals surface area contributed by atoms with Crippen LogP contribution < -0.4 is 20.4 Å². The average Bonchev–Trinajstić information content (AvgIpc) is 3.05. The summed E-state index contributed by atoms with van der Waals surface area (Å²) in [6.07, 6.45) is -4.60. The highest BCUT2D eigenvalue weighted by molar-refractivity contribution is 6.05. The predicted molar refractivity (Wildman–Crippen MR) is 183 cm³/mol. The average molecular weight is 660 g/mol. The van der Waals surface area contributed by atoms with E-state index in [-0.39, 0.29) is 17.1 Å². The number of fused-ring (bicyclic) bond motifs is 1. The molecule has 3 N–H and O–H groups in total. The minimum atomic E-state index is -1.39. The van der Waals surface area contributed by atoms with Gasteiger partial charge in [0.1, 0.15) is 41.1 Å². The molecule has 1 unspecified atom stereocenters. The number of methoxy groups -OCH3 is 2. The lowest BCUT2D eigenvalue weighted by Gasteiger charge is -2.46. The summed E-state index contributed by atoms with van der Waals surface area (Å²) >= 11 is 0. The minimum Gasteiger partial charge on any atom is -0.496 e. The number of hydrogen-bond donors (Lipinski definition) is 3. The van der Waals surface area contributed by atoms with E-state index in [2.05, 4.69) is 19.2 Å². The summed E-state index contributed by atoms with van der Waals surface area (Å²) in [5, 5.41) is 25.0. The van der Waals surface area contributed by atoms with Gasteiger partial charge in [0, 0.05) is 34.6 Å². The molecule has 4 aromatic rings. The molecule has 48 heavy (non-hydrogen) atoms. The number of aliphatic hydroxyl groups excluding tert-OH is 2. The van der Waals surface area contributed by atoms with Gasteiger partial charge >= 0.3 is 5.63 Å². The van der Waals surface area contributed by atoms with Crippen molar-refractivity contribution < 1.29 is 38.4 Å². The molecule has 0 radical (unpaired) electrons. The second-order valence-corrected chi connectivity index (χ2v) is 13.9. The Morgan fingerprint density at radius 1 is 0.917 bits per heavy atom. The van der Waals surface area contributed by atoms with E-state index in [9.17, 15) is 19.8 Å². The molecule has 1 aromatic heterocycles. The van der Waals surface area contributed by atoms with Crippen LogP contribution in [-0.4, -0.2) is 66.0 Å². The van der Waals surface area contributed by atoms with Crippen LogP contribution in [0.2, 0.25) is 0 Å². The van der Waals surface area contributed by atoms with Gasteiger partial charge in [0.05, 0.1) is 18.2 Å².